The highest BCUT2D eigenvalue weighted by Gasteiger charge is 2.29. The van der Waals surface area contributed by atoms with Gasteiger partial charge in [0.1, 0.15) is 5.60 Å². The molecule has 0 saturated carbocycles. The van der Waals surface area contributed by atoms with Crippen LogP contribution in [-0.2, 0) is 9.53 Å². The van der Waals surface area contributed by atoms with Gasteiger partial charge in [-0.3, -0.25) is 4.79 Å². The highest BCUT2D eigenvalue weighted by Crippen LogP contribution is 2.09. The average Bonchev–Trinajstić information content (AvgIpc) is 2.12. The predicted molar refractivity (Wildman–Crippen MR) is 56.9 cm³/mol. The van der Waals surface area contributed by atoms with Gasteiger partial charge in [-0.15, -0.1) is 0 Å². The molecule has 0 aliphatic rings. The number of rotatable bonds is 5. The molecule has 0 bridgehead atoms. The first-order valence-electron chi connectivity index (χ1n) is 4.91. The Morgan fingerprint density at radius 2 is 2.00 bits per heavy atom. The van der Waals surface area contributed by atoms with Gasteiger partial charge in [0.05, 0.1) is 0 Å². The van der Waals surface area contributed by atoms with Crippen molar-refractivity contribution in [1.29, 1.82) is 0 Å². The molecule has 0 radical (unpaired) electrons. The molecular weight excluding hydrogens is 180 g/mol. The van der Waals surface area contributed by atoms with Gasteiger partial charge in [0.2, 0.25) is 0 Å². The first-order valence-corrected chi connectivity index (χ1v) is 4.91. The summed E-state index contributed by atoms with van der Waals surface area (Å²) in [5.41, 5.74) is 4.76. The summed E-state index contributed by atoms with van der Waals surface area (Å²) >= 11 is 0. The molecule has 0 heterocycles. The number of methoxy groups -OCH3 is 1. The van der Waals surface area contributed by atoms with Crippen LogP contribution in [0.1, 0.15) is 27.7 Å². The molecule has 0 aromatic rings. The minimum Gasteiger partial charge on any atom is -0.369 e. The second-order valence-corrected chi connectivity index (χ2v) is 4.27. The van der Waals surface area contributed by atoms with Gasteiger partial charge >= 0.3 is 0 Å². The SMILES string of the molecule is COC(C)(C)C(=O)NC(CN)C(C)C. The lowest BCUT2D eigenvalue weighted by Gasteiger charge is -2.27. The lowest BCUT2D eigenvalue weighted by Crippen LogP contribution is -2.51. The van der Waals surface area contributed by atoms with E-state index in [1.165, 1.54) is 7.11 Å². The van der Waals surface area contributed by atoms with Gasteiger partial charge < -0.3 is 15.8 Å². The summed E-state index contributed by atoms with van der Waals surface area (Å²) < 4.78 is 5.07. The average molecular weight is 202 g/mol. The van der Waals surface area contributed by atoms with Crippen molar-refractivity contribution >= 4 is 5.91 Å². The summed E-state index contributed by atoms with van der Waals surface area (Å²) in [7, 11) is 1.52. The molecule has 3 N–H and O–H groups in total. The van der Waals surface area contributed by atoms with Crippen molar-refractivity contribution in [2.24, 2.45) is 11.7 Å². The Balaban J connectivity index is 4.30. The Bertz CT molecular complexity index is 191. The molecule has 0 fully saturated rings. The van der Waals surface area contributed by atoms with Gasteiger partial charge in [0, 0.05) is 19.7 Å². The highest BCUT2D eigenvalue weighted by molar-refractivity contribution is 5.84. The van der Waals surface area contributed by atoms with E-state index in [4.69, 9.17) is 10.5 Å². The normalized spacial score (nSPS) is 14.2. The standard InChI is InChI=1S/C10H22N2O2/c1-7(2)8(6-11)12-9(13)10(3,4)14-5/h7-8H,6,11H2,1-5H3,(H,12,13). The number of amides is 1. The predicted octanol–water partition coefficient (Wildman–Crippen LogP) is 0.511. The maximum absolute atomic E-state index is 11.7. The third kappa shape index (κ3) is 3.64. The molecule has 0 aliphatic carbocycles. The van der Waals surface area contributed by atoms with Gasteiger partial charge in [0.25, 0.3) is 5.91 Å². The zero-order valence-corrected chi connectivity index (χ0v) is 9.76. The van der Waals surface area contributed by atoms with Gasteiger partial charge in [0.15, 0.2) is 0 Å². The van der Waals surface area contributed by atoms with Crippen molar-refractivity contribution in [1.82, 2.24) is 5.32 Å². The Morgan fingerprint density at radius 3 is 2.29 bits per heavy atom. The second-order valence-electron chi connectivity index (χ2n) is 4.27. The van der Waals surface area contributed by atoms with E-state index in [1.807, 2.05) is 13.8 Å². The monoisotopic (exact) mass is 202 g/mol. The van der Waals surface area contributed by atoms with E-state index in [-0.39, 0.29) is 11.9 Å². The molecule has 0 rings (SSSR count). The number of nitrogens with two attached hydrogens (primary N) is 1. The van der Waals surface area contributed by atoms with E-state index in [2.05, 4.69) is 5.32 Å². The third-order valence-electron chi connectivity index (χ3n) is 2.43. The topological polar surface area (TPSA) is 64.3 Å². The molecular formula is C10H22N2O2. The Kier molecular flexibility index (Phi) is 5.08. The van der Waals surface area contributed by atoms with Crippen LogP contribution < -0.4 is 11.1 Å². The zero-order chi connectivity index (χ0) is 11.4. The van der Waals surface area contributed by atoms with Gasteiger partial charge in [-0.1, -0.05) is 13.8 Å². The minimum absolute atomic E-state index is 0.0110. The van der Waals surface area contributed by atoms with E-state index in [9.17, 15) is 4.79 Å². The number of hydrogen-bond donors (Lipinski definition) is 2. The molecule has 1 unspecified atom stereocenters. The summed E-state index contributed by atoms with van der Waals surface area (Å²) in [6.45, 7) is 7.96. The summed E-state index contributed by atoms with van der Waals surface area (Å²) in [5, 5.41) is 2.87. The van der Waals surface area contributed by atoms with Crippen molar-refractivity contribution in [3.63, 3.8) is 0 Å². The Morgan fingerprint density at radius 1 is 1.50 bits per heavy atom. The third-order valence-corrected chi connectivity index (χ3v) is 2.43. The van der Waals surface area contributed by atoms with Gasteiger partial charge in [-0.2, -0.15) is 0 Å². The molecule has 4 nitrogen and oxygen atoms in total. The molecule has 4 heteroatoms. The molecule has 0 aliphatic heterocycles. The molecule has 1 amide bonds. The van der Waals surface area contributed by atoms with E-state index in [0.717, 1.165) is 0 Å². The Hall–Kier alpha value is -0.610. The number of ether oxygens (including phenoxy) is 1. The van der Waals surface area contributed by atoms with Crippen molar-refractivity contribution in [2.75, 3.05) is 13.7 Å². The van der Waals surface area contributed by atoms with E-state index >= 15 is 0 Å². The fraction of sp³-hybridized carbons (Fsp3) is 0.900. The molecule has 14 heavy (non-hydrogen) atoms. The van der Waals surface area contributed by atoms with E-state index in [1.54, 1.807) is 13.8 Å². The number of carbonyl (C=O) groups is 1. The van der Waals surface area contributed by atoms with Crippen LogP contribution in [0.5, 0.6) is 0 Å². The number of hydrogen-bond acceptors (Lipinski definition) is 3. The van der Waals surface area contributed by atoms with Crippen molar-refractivity contribution < 1.29 is 9.53 Å². The van der Waals surface area contributed by atoms with Crippen LogP contribution >= 0.6 is 0 Å². The maximum atomic E-state index is 11.7. The summed E-state index contributed by atoms with van der Waals surface area (Å²) in [6, 6.07) is 0.0110. The first-order chi connectivity index (χ1) is 6.35. The second kappa shape index (κ2) is 5.32. The van der Waals surface area contributed by atoms with E-state index in [0.29, 0.717) is 12.5 Å². The van der Waals surface area contributed by atoms with E-state index < -0.39 is 5.60 Å². The lowest BCUT2D eigenvalue weighted by molar-refractivity contribution is -0.140. The minimum atomic E-state index is -0.789. The van der Waals surface area contributed by atoms with Crippen LogP contribution in [-0.4, -0.2) is 31.2 Å². The summed E-state index contributed by atoms with van der Waals surface area (Å²) in [4.78, 5) is 11.7. The molecule has 0 spiro atoms. The fourth-order valence-corrected chi connectivity index (χ4v) is 0.933. The van der Waals surface area contributed by atoms with Crippen LogP contribution in [0.25, 0.3) is 0 Å². The van der Waals surface area contributed by atoms with Gasteiger partial charge in [-0.05, 0) is 19.8 Å². The first kappa shape index (κ1) is 13.4. The molecule has 1 atom stereocenters. The van der Waals surface area contributed by atoms with Crippen LogP contribution in [0.15, 0.2) is 0 Å². The molecule has 0 aromatic carbocycles. The molecule has 84 valence electrons. The maximum Gasteiger partial charge on any atom is 0.251 e. The summed E-state index contributed by atoms with van der Waals surface area (Å²) in [6.07, 6.45) is 0. The number of carbonyl (C=O) groups excluding carboxylic acids is 1. The lowest BCUT2D eigenvalue weighted by atomic mass is 10.0. The summed E-state index contributed by atoms with van der Waals surface area (Å²) in [5.74, 6) is 0.209. The fourth-order valence-electron chi connectivity index (χ4n) is 0.933. The zero-order valence-electron chi connectivity index (χ0n) is 9.76. The highest BCUT2D eigenvalue weighted by atomic mass is 16.5. The van der Waals surface area contributed by atoms with Gasteiger partial charge in [-0.25, -0.2) is 0 Å². The smallest absolute Gasteiger partial charge is 0.251 e. The Labute approximate surface area is 86.2 Å². The van der Waals surface area contributed by atoms with Crippen LogP contribution in [0.3, 0.4) is 0 Å². The quantitative estimate of drug-likeness (QED) is 0.682. The van der Waals surface area contributed by atoms with Crippen LogP contribution in [0, 0.1) is 5.92 Å². The number of nitrogens with one attached hydrogen (secondary N) is 1. The van der Waals surface area contributed by atoms with Crippen molar-refractivity contribution in [3.8, 4) is 0 Å². The largest absolute Gasteiger partial charge is 0.369 e. The van der Waals surface area contributed by atoms with Crippen molar-refractivity contribution in [3.05, 3.63) is 0 Å². The van der Waals surface area contributed by atoms with Crippen molar-refractivity contribution in [2.45, 2.75) is 39.3 Å². The molecule has 0 aromatic heterocycles. The van der Waals surface area contributed by atoms with Crippen LogP contribution in [0.4, 0.5) is 0 Å². The van der Waals surface area contributed by atoms with Crippen LogP contribution in [0.2, 0.25) is 0 Å². The molecule has 0 saturated heterocycles.